The maximum atomic E-state index is 12.0. The number of hydrogen-bond donors (Lipinski definition) is 1. The van der Waals surface area contributed by atoms with Crippen LogP contribution in [0.15, 0.2) is 57.4 Å². The van der Waals surface area contributed by atoms with Crippen LogP contribution in [0.25, 0.3) is 10.8 Å². The van der Waals surface area contributed by atoms with Crippen LogP contribution in [0.2, 0.25) is 0 Å². The Morgan fingerprint density at radius 1 is 1.33 bits per heavy atom. The lowest BCUT2D eigenvalue weighted by atomic mass is 10.3. The summed E-state index contributed by atoms with van der Waals surface area (Å²) in [6.07, 6.45) is 3.66. The van der Waals surface area contributed by atoms with Crippen LogP contribution in [0.3, 0.4) is 0 Å². The van der Waals surface area contributed by atoms with Gasteiger partial charge in [-0.1, -0.05) is 6.07 Å². The predicted octanol–water partition coefficient (Wildman–Crippen LogP) is 5.00. The third-order valence-electron chi connectivity index (χ3n) is 3.12. The fourth-order valence-corrected chi connectivity index (χ4v) is 4.10. The zero-order valence-electron chi connectivity index (χ0n) is 13.0. The van der Waals surface area contributed by atoms with Gasteiger partial charge in [0.1, 0.15) is 0 Å². The van der Waals surface area contributed by atoms with Crippen molar-refractivity contribution in [1.29, 1.82) is 0 Å². The largest absolute Gasteiger partial charge is 0.462 e. The Hall–Kier alpha value is -1.70. The van der Waals surface area contributed by atoms with Gasteiger partial charge < -0.3 is 9.73 Å². The molecule has 3 aromatic rings. The molecule has 2 aromatic heterocycles. The summed E-state index contributed by atoms with van der Waals surface area (Å²) in [5, 5.41) is 5.80. The number of amides is 1. The average molecular weight is 377 g/mol. The number of carbonyl (C=O) groups excluding carboxylic acids is 1. The van der Waals surface area contributed by atoms with E-state index in [2.05, 4.69) is 10.3 Å². The fraction of sp³-hybridized carbons (Fsp3) is 0.176. The summed E-state index contributed by atoms with van der Waals surface area (Å²) in [4.78, 5) is 17.7. The number of nitrogens with zero attached hydrogens (tertiary/aromatic N) is 1. The molecule has 7 heteroatoms. The lowest BCUT2D eigenvalue weighted by molar-refractivity contribution is -0.113. The molecule has 0 spiro atoms. The molecule has 1 aromatic carbocycles. The van der Waals surface area contributed by atoms with E-state index < -0.39 is 0 Å². The van der Waals surface area contributed by atoms with E-state index in [1.165, 1.54) is 0 Å². The molecule has 1 amide bonds. The first-order chi connectivity index (χ1) is 11.7. The Morgan fingerprint density at radius 3 is 3.04 bits per heavy atom. The highest BCUT2D eigenvalue weighted by molar-refractivity contribution is 7.99. The minimum Gasteiger partial charge on any atom is -0.462 e. The standard InChI is InChI=1S/C17H16N2O2S3/c1-22-14-5-2-4-12(8-14)18-16(20)11-23-9-13-10-24-17(19-13)15-6-3-7-21-15/h2-8,10H,9,11H2,1H3,(H,18,20). The van der Waals surface area contributed by atoms with Gasteiger partial charge >= 0.3 is 0 Å². The van der Waals surface area contributed by atoms with Crippen LogP contribution in [-0.2, 0) is 10.5 Å². The van der Waals surface area contributed by atoms with Crippen molar-refractivity contribution in [3.63, 3.8) is 0 Å². The quantitative estimate of drug-likeness (QED) is 0.588. The summed E-state index contributed by atoms with van der Waals surface area (Å²) in [6.45, 7) is 0. The van der Waals surface area contributed by atoms with Crippen LogP contribution >= 0.6 is 34.9 Å². The zero-order chi connectivity index (χ0) is 16.8. The number of benzene rings is 1. The Kier molecular flexibility index (Phi) is 6.01. The summed E-state index contributed by atoms with van der Waals surface area (Å²) in [5.74, 6) is 1.88. The van der Waals surface area contributed by atoms with Gasteiger partial charge in [0, 0.05) is 21.7 Å². The molecule has 124 valence electrons. The predicted molar refractivity (Wildman–Crippen MR) is 103 cm³/mol. The molecule has 0 unspecified atom stereocenters. The third-order valence-corrected chi connectivity index (χ3v) is 5.72. The Morgan fingerprint density at radius 2 is 2.25 bits per heavy atom. The van der Waals surface area contributed by atoms with Gasteiger partial charge in [-0.25, -0.2) is 4.98 Å². The average Bonchev–Trinajstić information content (AvgIpc) is 3.26. The first kappa shape index (κ1) is 17.1. The van der Waals surface area contributed by atoms with Crippen LogP contribution in [0.4, 0.5) is 5.69 Å². The first-order valence-electron chi connectivity index (χ1n) is 7.24. The van der Waals surface area contributed by atoms with Crippen molar-refractivity contribution in [2.45, 2.75) is 10.6 Å². The number of rotatable bonds is 7. The summed E-state index contributed by atoms with van der Waals surface area (Å²) in [6, 6.07) is 11.6. The monoisotopic (exact) mass is 376 g/mol. The van der Waals surface area contributed by atoms with Gasteiger partial charge in [0.25, 0.3) is 0 Å². The summed E-state index contributed by atoms with van der Waals surface area (Å²) >= 11 is 4.76. The Balaban J connectivity index is 1.46. The van der Waals surface area contributed by atoms with Crippen molar-refractivity contribution in [3.05, 3.63) is 53.7 Å². The number of hydrogen-bond acceptors (Lipinski definition) is 6. The molecule has 0 aliphatic carbocycles. The highest BCUT2D eigenvalue weighted by Crippen LogP contribution is 2.25. The van der Waals surface area contributed by atoms with E-state index in [9.17, 15) is 4.79 Å². The van der Waals surface area contributed by atoms with Crippen molar-refractivity contribution in [2.24, 2.45) is 0 Å². The normalized spacial score (nSPS) is 10.7. The smallest absolute Gasteiger partial charge is 0.234 e. The number of thiazole rings is 1. The molecule has 1 N–H and O–H groups in total. The lowest BCUT2D eigenvalue weighted by Gasteiger charge is -2.06. The minimum absolute atomic E-state index is 0.000240. The maximum Gasteiger partial charge on any atom is 0.234 e. The van der Waals surface area contributed by atoms with Gasteiger partial charge in [-0.2, -0.15) is 0 Å². The molecule has 3 rings (SSSR count). The molecule has 0 bridgehead atoms. The number of aromatic nitrogens is 1. The summed E-state index contributed by atoms with van der Waals surface area (Å²) < 4.78 is 5.34. The number of nitrogens with one attached hydrogen (secondary N) is 1. The van der Waals surface area contributed by atoms with E-state index in [4.69, 9.17) is 4.42 Å². The van der Waals surface area contributed by atoms with Gasteiger partial charge in [0.15, 0.2) is 10.8 Å². The van der Waals surface area contributed by atoms with Crippen molar-refractivity contribution < 1.29 is 9.21 Å². The van der Waals surface area contributed by atoms with Gasteiger partial charge in [-0.05, 0) is 36.6 Å². The maximum absolute atomic E-state index is 12.0. The highest BCUT2D eigenvalue weighted by Gasteiger charge is 2.08. The van der Waals surface area contributed by atoms with E-state index in [-0.39, 0.29) is 5.91 Å². The first-order valence-corrected chi connectivity index (χ1v) is 10.5. The van der Waals surface area contributed by atoms with Crippen molar-refractivity contribution in [3.8, 4) is 10.8 Å². The van der Waals surface area contributed by atoms with Crippen LogP contribution in [0.1, 0.15) is 5.69 Å². The molecule has 0 atom stereocenters. The minimum atomic E-state index is -0.000240. The Bertz CT molecular complexity index is 800. The van der Waals surface area contributed by atoms with Gasteiger partial charge in [-0.3, -0.25) is 4.79 Å². The summed E-state index contributed by atoms with van der Waals surface area (Å²) in [5.41, 5.74) is 1.80. The number of anilines is 1. The van der Waals surface area contributed by atoms with Gasteiger partial charge in [0.05, 0.1) is 17.7 Å². The lowest BCUT2D eigenvalue weighted by Crippen LogP contribution is -2.14. The molecule has 24 heavy (non-hydrogen) atoms. The fourth-order valence-electron chi connectivity index (χ4n) is 2.03. The van der Waals surface area contributed by atoms with E-state index in [1.807, 2.05) is 48.0 Å². The van der Waals surface area contributed by atoms with Crippen LogP contribution in [0.5, 0.6) is 0 Å². The molecule has 0 fully saturated rings. The molecule has 0 aliphatic rings. The molecule has 2 heterocycles. The highest BCUT2D eigenvalue weighted by atomic mass is 32.2. The van der Waals surface area contributed by atoms with E-state index in [0.29, 0.717) is 11.5 Å². The van der Waals surface area contributed by atoms with E-state index in [1.54, 1.807) is 41.1 Å². The number of carbonyl (C=O) groups is 1. The van der Waals surface area contributed by atoms with E-state index in [0.717, 1.165) is 27.0 Å². The summed E-state index contributed by atoms with van der Waals surface area (Å²) in [7, 11) is 0. The second-order valence-corrected chi connectivity index (χ2v) is 7.62. The molecular formula is C17H16N2O2S3. The van der Waals surface area contributed by atoms with Crippen molar-refractivity contribution in [1.82, 2.24) is 4.98 Å². The molecule has 0 radical (unpaired) electrons. The second kappa shape index (κ2) is 8.41. The molecule has 0 saturated carbocycles. The molecular weight excluding hydrogens is 360 g/mol. The Labute approximate surface area is 153 Å². The third kappa shape index (κ3) is 4.66. The van der Waals surface area contributed by atoms with Crippen LogP contribution in [0, 0.1) is 0 Å². The van der Waals surface area contributed by atoms with Crippen molar-refractivity contribution in [2.75, 3.05) is 17.3 Å². The van der Waals surface area contributed by atoms with Crippen LogP contribution < -0.4 is 5.32 Å². The van der Waals surface area contributed by atoms with Crippen molar-refractivity contribution >= 4 is 46.5 Å². The van der Waals surface area contributed by atoms with Gasteiger partial charge in [0.2, 0.25) is 5.91 Å². The van der Waals surface area contributed by atoms with Gasteiger partial charge in [-0.15, -0.1) is 34.9 Å². The second-order valence-electron chi connectivity index (χ2n) is 4.89. The number of furan rings is 1. The SMILES string of the molecule is CSc1cccc(NC(=O)CSCc2csc(-c3ccco3)n2)c1. The topological polar surface area (TPSA) is 55.1 Å². The molecule has 0 aliphatic heterocycles. The van der Waals surface area contributed by atoms with E-state index >= 15 is 0 Å². The molecule has 4 nitrogen and oxygen atoms in total. The van der Waals surface area contributed by atoms with Crippen LogP contribution in [-0.4, -0.2) is 22.9 Å². The zero-order valence-corrected chi connectivity index (χ0v) is 15.5. The molecule has 0 saturated heterocycles. The number of thioether (sulfide) groups is 2.